The van der Waals surface area contributed by atoms with Gasteiger partial charge in [0.25, 0.3) is 0 Å². The average Bonchev–Trinajstić information content (AvgIpc) is 3.58. The Hall–Kier alpha value is -0.203. The third-order valence-corrected chi connectivity index (χ3v) is 28.0. The van der Waals surface area contributed by atoms with E-state index in [1.165, 1.54) is 44.0 Å². The van der Waals surface area contributed by atoms with Crippen LogP contribution in [0.1, 0.15) is 50.7 Å². The maximum atomic E-state index is 6.22. The van der Waals surface area contributed by atoms with Crippen LogP contribution in [0.4, 0.5) is 0 Å². The molecule has 38 heavy (non-hydrogen) atoms. The van der Waals surface area contributed by atoms with Crippen LogP contribution in [0, 0.1) is 0 Å². The van der Waals surface area contributed by atoms with Crippen LogP contribution in [0.5, 0.6) is 0 Å². The topological polar surface area (TPSA) is 43.4 Å². The molecule has 8 heteroatoms. The van der Waals surface area contributed by atoms with Gasteiger partial charge in [-0.1, -0.05) is 0 Å². The van der Waals surface area contributed by atoms with Crippen LogP contribution >= 0.6 is 0 Å². The number of rotatable bonds is 12. The summed E-state index contributed by atoms with van der Waals surface area (Å²) in [6, 6.07) is 17.4. The molecule has 0 aromatic heterocycles. The van der Waals surface area contributed by atoms with Crippen LogP contribution in [0.25, 0.3) is 0 Å². The van der Waals surface area contributed by atoms with Crippen molar-refractivity contribution in [3.63, 3.8) is 0 Å². The number of hydrogen-bond donors (Lipinski definition) is 0. The summed E-state index contributed by atoms with van der Waals surface area (Å²) in [5.41, 5.74) is 2.78. The second-order valence-corrected chi connectivity index (χ2v) is 28.7. The van der Waals surface area contributed by atoms with Crippen molar-refractivity contribution in [2.75, 3.05) is 54.6 Å². The molecule has 2 saturated heterocycles. The van der Waals surface area contributed by atoms with Crippen LogP contribution in [-0.4, -0.2) is 103 Å². The van der Waals surface area contributed by atoms with Gasteiger partial charge in [0, 0.05) is 0 Å². The van der Waals surface area contributed by atoms with E-state index in [4.69, 9.17) is 12.3 Å². The zero-order valence-electron chi connectivity index (χ0n) is 24.6. The zero-order chi connectivity index (χ0) is 27.4. The van der Waals surface area contributed by atoms with Gasteiger partial charge in [0.1, 0.15) is 0 Å². The molecule has 2 aromatic carbocycles. The van der Waals surface area contributed by atoms with Crippen molar-refractivity contribution in [1.29, 1.82) is 0 Å². The van der Waals surface area contributed by atoms with Crippen LogP contribution < -0.4 is 7.16 Å². The molecule has 0 spiro atoms. The Morgan fingerprint density at radius 3 is 1.24 bits per heavy atom. The second-order valence-electron chi connectivity index (χ2n) is 10.9. The van der Waals surface area contributed by atoms with Gasteiger partial charge in [0.2, 0.25) is 0 Å². The van der Waals surface area contributed by atoms with Crippen molar-refractivity contribution >= 4 is 45.6 Å². The van der Waals surface area contributed by atoms with E-state index in [1.54, 1.807) is 0 Å². The summed E-state index contributed by atoms with van der Waals surface area (Å²) >= 11 is -6.03. The minimum absolute atomic E-state index is 0.788. The minimum atomic E-state index is -3.02. The number of benzene rings is 2. The van der Waals surface area contributed by atoms with Gasteiger partial charge >= 0.3 is 243 Å². The number of unbranched alkanes of at least 4 members (excludes halogenated alkanes) is 2. The first-order chi connectivity index (χ1) is 18.4. The van der Waals surface area contributed by atoms with Gasteiger partial charge in [-0.25, -0.2) is 0 Å². The van der Waals surface area contributed by atoms with Crippen LogP contribution in [0.3, 0.4) is 0 Å². The molecule has 2 aliphatic rings. The Kier molecular flexibility index (Phi) is 13.9. The normalized spacial score (nSPS) is 18.1. The molecule has 2 fully saturated rings. The molecule has 2 aromatic rings. The molecule has 0 N–H and O–H groups in total. The van der Waals surface area contributed by atoms with E-state index in [1.807, 2.05) is 0 Å². The Morgan fingerprint density at radius 2 is 0.921 bits per heavy atom. The number of nitrogens with zero attached hydrogens (tertiary/aromatic N) is 2. The van der Waals surface area contributed by atoms with Gasteiger partial charge in [-0.15, -0.1) is 0 Å². The molecule has 0 atom stereocenters. The molecule has 4 rings (SSSR count). The SMILES string of the molecule is CCC[CH2][Sn]1([c]2ccccc2CN(C)C)[O]CC[O]1.CCC[CH2][Sn]1([c]2ccccc2CN(C)C)[O]CC[O]1. The first-order valence-electron chi connectivity index (χ1n) is 14.4. The molecule has 2 aliphatic heterocycles. The Morgan fingerprint density at radius 1 is 0.579 bits per heavy atom. The Bertz CT molecular complexity index is 883. The summed E-state index contributed by atoms with van der Waals surface area (Å²) in [4.78, 5) is 4.43. The van der Waals surface area contributed by atoms with Gasteiger partial charge in [-0.05, 0) is 0 Å². The molecule has 6 nitrogen and oxygen atoms in total. The van der Waals surface area contributed by atoms with Crippen molar-refractivity contribution in [1.82, 2.24) is 9.80 Å². The van der Waals surface area contributed by atoms with Gasteiger partial charge in [0.05, 0.1) is 0 Å². The summed E-state index contributed by atoms with van der Waals surface area (Å²) in [5.74, 6) is 0. The van der Waals surface area contributed by atoms with Gasteiger partial charge in [-0.2, -0.15) is 0 Å². The van der Waals surface area contributed by atoms with Crippen molar-refractivity contribution in [3.8, 4) is 0 Å². The summed E-state index contributed by atoms with van der Waals surface area (Å²) in [5, 5.41) is 0. The second kappa shape index (κ2) is 16.3. The monoisotopic (exact) mass is 742 g/mol. The molecule has 0 unspecified atom stereocenters. The summed E-state index contributed by atoms with van der Waals surface area (Å²) < 4.78 is 30.0. The molecule has 0 aliphatic carbocycles. The third-order valence-electron chi connectivity index (χ3n) is 7.06. The molecule has 2 heterocycles. The van der Waals surface area contributed by atoms with Gasteiger partial charge in [-0.3, -0.25) is 0 Å². The predicted octanol–water partition coefficient (Wildman–Crippen LogP) is 4.49. The van der Waals surface area contributed by atoms with Crippen LogP contribution in [-0.2, 0) is 25.4 Å². The molecule has 0 bridgehead atoms. The summed E-state index contributed by atoms with van der Waals surface area (Å²) in [6.45, 7) is 9.56. The predicted molar refractivity (Wildman–Crippen MR) is 162 cm³/mol. The molecular weight excluding hydrogens is 690 g/mol. The van der Waals surface area contributed by atoms with Gasteiger partial charge in [0.15, 0.2) is 0 Å². The van der Waals surface area contributed by atoms with Crippen molar-refractivity contribution in [2.24, 2.45) is 0 Å². The Labute approximate surface area is 241 Å². The van der Waals surface area contributed by atoms with Crippen molar-refractivity contribution in [3.05, 3.63) is 59.7 Å². The molecule has 0 amide bonds. The fraction of sp³-hybridized carbons (Fsp3) is 0.600. The zero-order valence-corrected chi connectivity index (χ0v) is 30.3. The average molecular weight is 740 g/mol. The first-order valence-corrected chi connectivity index (χ1v) is 25.9. The molecule has 0 saturated carbocycles. The summed E-state index contributed by atoms with van der Waals surface area (Å²) in [7, 11) is 8.45. The van der Waals surface area contributed by atoms with Crippen LogP contribution in [0.2, 0.25) is 8.87 Å². The van der Waals surface area contributed by atoms with Crippen LogP contribution in [0.15, 0.2) is 48.5 Å². The van der Waals surface area contributed by atoms with E-state index >= 15 is 0 Å². The van der Waals surface area contributed by atoms with E-state index in [0.29, 0.717) is 0 Å². The van der Waals surface area contributed by atoms with E-state index in [9.17, 15) is 0 Å². The van der Waals surface area contributed by atoms with E-state index in [-0.39, 0.29) is 0 Å². The van der Waals surface area contributed by atoms with Gasteiger partial charge < -0.3 is 0 Å². The maximum absolute atomic E-state index is 6.22. The Balaban J connectivity index is 0.000000211. The fourth-order valence-corrected chi connectivity index (χ4v) is 25.9. The molecular formula is C30H50N2O4Sn2. The van der Waals surface area contributed by atoms with E-state index in [0.717, 1.165) is 48.4 Å². The first kappa shape index (κ1) is 32.3. The van der Waals surface area contributed by atoms with Crippen molar-refractivity contribution < 1.29 is 12.3 Å². The molecule has 212 valence electrons. The van der Waals surface area contributed by atoms with E-state index < -0.39 is 38.4 Å². The quantitative estimate of drug-likeness (QED) is 0.300. The number of hydrogen-bond acceptors (Lipinski definition) is 6. The third kappa shape index (κ3) is 8.90. The molecule has 0 radical (unpaired) electrons. The van der Waals surface area contributed by atoms with E-state index in [2.05, 4.69) is 100 Å². The van der Waals surface area contributed by atoms with Crippen molar-refractivity contribution in [2.45, 2.75) is 61.5 Å². The standard InChI is InChI=1S/2C9H12N.2C4H9.2C2H4O2.2Sn/c2*1-10(2)8-9-6-4-3-5-7-9;2*1-3-4-2;2*3-1-2-4;;/h2*3-6H,8H2,1-2H3;2*1,3-4H2,2H3;2*1-2H2;;/q;;;;2*-2;2*+2. The summed E-state index contributed by atoms with van der Waals surface area (Å²) in [6.07, 6.45) is 4.85. The fourth-order valence-electron chi connectivity index (χ4n) is 5.34.